The van der Waals surface area contributed by atoms with Crippen molar-refractivity contribution in [3.63, 3.8) is 0 Å². The van der Waals surface area contributed by atoms with Gasteiger partial charge in [-0.25, -0.2) is 17.6 Å². The zero-order valence-corrected chi connectivity index (χ0v) is 20.8. The quantitative estimate of drug-likeness (QED) is 0.187. The largest absolute Gasteiger partial charge is 0.387 e. The molecule has 2 aromatic carbocycles. The number of hydrogen-bond donors (Lipinski definition) is 0. The number of esters is 1. The van der Waals surface area contributed by atoms with Crippen LogP contribution in [-0.2, 0) is 22.7 Å². The molecule has 0 bridgehead atoms. The van der Waals surface area contributed by atoms with E-state index < -0.39 is 21.6 Å². The summed E-state index contributed by atoms with van der Waals surface area (Å²) in [5.41, 5.74) is 2.41. The number of carbonyl (C=O) groups excluding carboxylic acids is 1. The maximum absolute atomic E-state index is 13.2. The smallest absolute Gasteiger partial charge is 0.356 e. The predicted octanol–water partition coefficient (Wildman–Crippen LogP) is 4.60. The fourth-order valence-corrected chi connectivity index (χ4v) is 7.24. The number of hydrogen-bond acceptors (Lipinski definition) is 8. The van der Waals surface area contributed by atoms with Crippen molar-refractivity contribution in [3.8, 4) is 6.01 Å². The molecule has 0 fully saturated rings. The molecule has 1 aliphatic rings. The summed E-state index contributed by atoms with van der Waals surface area (Å²) < 4.78 is 45.9. The zero-order chi connectivity index (χ0) is 24.4. The molecule has 0 saturated carbocycles. The van der Waals surface area contributed by atoms with Gasteiger partial charge in [0, 0.05) is 11.8 Å². The van der Waals surface area contributed by atoms with Crippen LogP contribution >= 0.6 is 23.1 Å². The number of thiophene rings is 1. The van der Waals surface area contributed by atoms with Gasteiger partial charge in [0.25, 0.3) is 0 Å². The second-order valence-corrected chi connectivity index (χ2v) is 12.1. The Labute approximate surface area is 209 Å². The standard InChI is InChI=1S/C24H20FN3O4S3/c25-18-7-9-20(10-8-18)35(30,31)13-12-34-24-27-26-23(32-22(29)21-6-3-11-33-21)28(24)19-14-16-4-1-2-5-17(16)15-19/h1-11,19H,12-15H2. The summed E-state index contributed by atoms with van der Waals surface area (Å²) in [4.78, 5) is 13.1. The molecule has 180 valence electrons. The summed E-state index contributed by atoms with van der Waals surface area (Å²) in [6, 6.07) is 16.4. The van der Waals surface area contributed by atoms with Crippen LogP contribution in [-0.4, -0.2) is 40.7 Å². The Morgan fingerprint density at radius 2 is 1.77 bits per heavy atom. The van der Waals surface area contributed by atoms with Crippen molar-refractivity contribution in [2.24, 2.45) is 0 Å². The minimum atomic E-state index is -3.59. The average molecular weight is 530 g/mol. The maximum atomic E-state index is 13.2. The first kappa shape index (κ1) is 23.7. The molecule has 0 saturated heterocycles. The van der Waals surface area contributed by atoms with Gasteiger partial charge in [0.1, 0.15) is 10.7 Å². The normalized spacial score (nSPS) is 13.6. The molecule has 5 rings (SSSR count). The first-order valence-electron chi connectivity index (χ1n) is 10.8. The summed E-state index contributed by atoms with van der Waals surface area (Å²) in [6.07, 6.45) is 1.44. The Balaban J connectivity index is 1.36. The van der Waals surface area contributed by atoms with Crippen LogP contribution in [0.2, 0.25) is 0 Å². The predicted molar refractivity (Wildman–Crippen MR) is 131 cm³/mol. The highest BCUT2D eigenvalue weighted by molar-refractivity contribution is 8.00. The van der Waals surface area contributed by atoms with E-state index in [4.69, 9.17) is 4.74 Å². The van der Waals surface area contributed by atoms with E-state index in [-0.39, 0.29) is 28.5 Å². The molecule has 0 radical (unpaired) electrons. The Hall–Kier alpha value is -3.02. The van der Waals surface area contributed by atoms with Crippen LogP contribution in [0.4, 0.5) is 4.39 Å². The molecule has 35 heavy (non-hydrogen) atoms. The Kier molecular flexibility index (Phi) is 6.72. The molecular formula is C24H20FN3O4S3. The number of thioether (sulfide) groups is 1. The van der Waals surface area contributed by atoms with Gasteiger partial charge in [-0.3, -0.25) is 4.57 Å². The van der Waals surface area contributed by atoms with Crippen molar-refractivity contribution in [2.75, 3.05) is 11.5 Å². The highest BCUT2D eigenvalue weighted by Gasteiger charge is 2.30. The van der Waals surface area contributed by atoms with Crippen LogP contribution in [0.25, 0.3) is 0 Å². The summed E-state index contributed by atoms with van der Waals surface area (Å²) in [5, 5.41) is 10.6. The maximum Gasteiger partial charge on any atom is 0.356 e. The molecule has 0 spiro atoms. The fourth-order valence-electron chi connectivity index (χ4n) is 3.99. The van der Waals surface area contributed by atoms with Gasteiger partial charge in [-0.2, -0.15) is 0 Å². The molecule has 0 N–H and O–H groups in total. The number of ether oxygens (including phenoxy) is 1. The van der Waals surface area contributed by atoms with Crippen molar-refractivity contribution in [1.82, 2.24) is 14.8 Å². The zero-order valence-electron chi connectivity index (χ0n) is 18.3. The Bertz CT molecular complexity index is 1430. The van der Waals surface area contributed by atoms with Gasteiger partial charge in [-0.05, 0) is 59.7 Å². The summed E-state index contributed by atoms with van der Waals surface area (Å²) in [7, 11) is -3.59. The number of carbonyl (C=O) groups is 1. The SMILES string of the molecule is O=C(Oc1nnc(SCCS(=O)(=O)c2ccc(F)cc2)n1C1Cc2ccccc2C1)c1cccs1. The first-order chi connectivity index (χ1) is 16.9. The van der Waals surface area contributed by atoms with Gasteiger partial charge < -0.3 is 4.74 Å². The molecule has 0 amide bonds. The monoisotopic (exact) mass is 529 g/mol. The number of benzene rings is 2. The van der Waals surface area contributed by atoms with Crippen LogP contribution in [0.1, 0.15) is 26.8 Å². The molecule has 4 aromatic rings. The van der Waals surface area contributed by atoms with Gasteiger partial charge in [-0.15, -0.1) is 16.4 Å². The molecule has 2 heterocycles. The number of sulfone groups is 1. The lowest BCUT2D eigenvalue weighted by Crippen LogP contribution is -2.16. The summed E-state index contributed by atoms with van der Waals surface area (Å²) >= 11 is 2.50. The average Bonchev–Trinajstić information content (AvgIpc) is 3.59. The van der Waals surface area contributed by atoms with Crippen molar-refractivity contribution in [1.29, 1.82) is 0 Å². The van der Waals surface area contributed by atoms with Crippen LogP contribution in [0, 0.1) is 5.82 Å². The van der Waals surface area contributed by atoms with Crippen LogP contribution in [0.15, 0.2) is 76.1 Å². The third-order valence-corrected chi connectivity index (χ3v) is 9.48. The molecule has 0 atom stereocenters. The van der Waals surface area contributed by atoms with Crippen LogP contribution < -0.4 is 4.74 Å². The van der Waals surface area contributed by atoms with E-state index in [1.54, 1.807) is 22.1 Å². The minimum Gasteiger partial charge on any atom is -0.387 e. The van der Waals surface area contributed by atoms with E-state index in [0.29, 0.717) is 10.0 Å². The second-order valence-electron chi connectivity index (χ2n) is 7.95. The highest BCUT2D eigenvalue weighted by atomic mass is 32.2. The lowest BCUT2D eigenvalue weighted by atomic mass is 10.1. The lowest BCUT2D eigenvalue weighted by molar-refractivity contribution is 0.0712. The Morgan fingerprint density at radius 1 is 1.06 bits per heavy atom. The minimum absolute atomic E-state index is 0.0651. The van der Waals surface area contributed by atoms with E-state index in [2.05, 4.69) is 22.3 Å². The van der Waals surface area contributed by atoms with E-state index in [9.17, 15) is 17.6 Å². The van der Waals surface area contributed by atoms with Crippen molar-refractivity contribution in [2.45, 2.75) is 28.9 Å². The molecule has 11 heteroatoms. The van der Waals surface area contributed by atoms with E-state index >= 15 is 0 Å². The van der Waals surface area contributed by atoms with Crippen LogP contribution in [0.3, 0.4) is 0 Å². The molecule has 2 aromatic heterocycles. The number of nitrogens with zero attached hydrogens (tertiary/aromatic N) is 3. The first-order valence-corrected chi connectivity index (χ1v) is 14.3. The van der Waals surface area contributed by atoms with Crippen LogP contribution in [0.5, 0.6) is 6.01 Å². The molecule has 0 unspecified atom stereocenters. The molecule has 7 nitrogen and oxygen atoms in total. The third-order valence-electron chi connectivity index (χ3n) is 5.69. The van der Waals surface area contributed by atoms with Gasteiger partial charge in [0.15, 0.2) is 15.0 Å². The molecular weight excluding hydrogens is 509 g/mol. The van der Waals surface area contributed by atoms with E-state index in [1.807, 2.05) is 12.1 Å². The van der Waals surface area contributed by atoms with Gasteiger partial charge in [0.2, 0.25) is 0 Å². The topological polar surface area (TPSA) is 91.2 Å². The fraction of sp³-hybridized carbons (Fsp3) is 0.208. The van der Waals surface area contributed by atoms with E-state index in [0.717, 1.165) is 25.0 Å². The summed E-state index contributed by atoms with van der Waals surface area (Å²) in [6.45, 7) is 0. The third kappa shape index (κ3) is 5.16. The second kappa shape index (κ2) is 9.92. The van der Waals surface area contributed by atoms with Gasteiger partial charge >= 0.3 is 12.0 Å². The highest BCUT2D eigenvalue weighted by Crippen LogP contribution is 2.36. The van der Waals surface area contributed by atoms with E-state index in [1.165, 1.54) is 46.4 Å². The number of aromatic nitrogens is 3. The van der Waals surface area contributed by atoms with Crippen molar-refractivity contribution >= 4 is 38.9 Å². The number of rotatable bonds is 8. The lowest BCUT2D eigenvalue weighted by Gasteiger charge is -2.16. The Morgan fingerprint density at radius 3 is 2.43 bits per heavy atom. The van der Waals surface area contributed by atoms with Crippen molar-refractivity contribution in [3.05, 3.63) is 87.9 Å². The van der Waals surface area contributed by atoms with Crippen molar-refractivity contribution < 1.29 is 22.3 Å². The number of halogens is 1. The molecule has 0 aliphatic heterocycles. The number of fused-ring (bicyclic) bond motifs is 1. The van der Waals surface area contributed by atoms with Gasteiger partial charge in [-0.1, -0.05) is 47.2 Å². The summed E-state index contributed by atoms with van der Waals surface area (Å²) in [5.74, 6) is -0.963. The molecule has 1 aliphatic carbocycles. The van der Waals surface area contributed by atoms with Gasteiger partial charge in [0.05, 0.1) is 10.6 Å².